The number of ether oxygens (including phenoxy) is 1. The van der Waals surface area contributed by atoms with Crippen molar-refractivity contribution in [2.24, 2.45) is 0 Å². The fraction of sp³-hybridized carbons (Fsp3) is 0.409. The van der Waals surface area contributed by atoms with E-state index in [2.05, 4.69) is 21.9 Å². The highest BCUT2D eigenvalue weighted by Crippen LogP contribution is 2.27. The molecule has 3 rings (SSSR count). The zero-order chi connectivity index (χ0) is 19.4. The molecule has 27 heavy (non-hydrogen) atoms. The maximum absolute atomic E-state index is 12.0. The molecule has 1 atom stereocenters. The van der Waals surface area contributed by atoms with Crippen molar-refractivity contribution in [3.8, 4) is 5.75 Å². The summed E-state index contributed by atoms with van der Waals surface area (Å²) in [6.07, 6.45) is 0. The first-order valence-electron chi connectivity index (χ1n) is 9.38. The number of carbonyl (C=O) groups is 1. The first kappa shape index (κ1) is 19.4. The molecule has 144 valence electrons. The Labute approximate surface area is 161 Å². The molecule has 1 fully saturated rings. The third-order valence-corrected chi connectivity index (χ3v) is 5.31. The van der Waals surface area contributed by atoms with Gasteiger partial charge in [-0.3, -0.25) is 14.6 Å². The van der Waals surface area contributed by atoms with E-state index >= 15 is 0 Å². The number of aryl methyl sites for hydroxylation is 2. The molecule has 1 N–H and O–H groups in total. The van der Waals surface area contributed by atoms with Gasteiger partial charge in [0, 0.05) is 38.3 Å². The van der Waals surface area contributed by atoms with Gasteiger partial charge in [0.25, 0.3) is 0 Å². The van der Waals surface area contributed by atoms with Crippen molar-refractivity contribution in [2.45, 2.75) is 26.4 Å². The van der Waals surface area contributed by atoms with Crippen LogP contribution in [0.1, 0.15) is 28.3 Å². The molecule has 1 aliphatic rings. The Morgan fingerprint density at radius 3 is 2.44 bits per heavy atom. The van der Waals surface area contributed by atoms with Gasteiger partial charge in [-0.05, 0) is 31.0 Å². The third kappa shape index (κ3) is 4.49. The molecule has 0 amide bonds. The van der Waals surface area contributed by atoms with E-state index in [1.807, 2.05) is 44.2 Å². The molecule has 5 heteroatoms. The first-order valence-corrected chi connectivity index (χ1v) is 9.38. The number of nitrogens with zero attached hydrogens (tertiary/aromatic N) is 2. The van der Waals surface area contributed by atoms with E-state index in [1.165, 1.54) is 0 Å². The van der Waals surface area contributed by atoms with Gasteiger partial charge >= 0.3 is 5.97 Å². The van der Waals surface area contributed by atoms with E-state index in [1.54, 1.807) is 7.11 Å². The second kappa shape index (κ2) is 8.55. The molecule has 1 saturated heterocycles. The average Bonchev–Trinajstić information content (AvgIpc) is 2.65. The van der Waals surface area contributed by atoms with Crippen LogP contribution in [-0.2, 0) is 11.3 Å². The van der Waals surface area contributed by atoms with Crippen molar-refractivity contribution in [1.82, 2.24) is 9.80 Å². The number of piperazine rings is 1. The highest BCUT2D eigenvalue weighted by atomic mass is 16.5. The summed E-state index contributed by atoms with van der Waals surface area (Å²) in [5, 5.41) is 9.87. The molecule has 1 aliphatic heterocycles. The highest BCUT2D eigenvalue weighted by Gasteiger charge is 2.31. The molecule has 2 aromatic rings. The van der Waals surface area contributed by atoms with Crippen LogP contribution in [0, 0.1) is 13.8 Å². The van der Waals surface area contributed by atoms with Crippen molar-refractivity contribution in [2.75, 3.05) is 33.3 Å². The lowest BCUT2D eigenvalue weighted by molar-refractivity contribution is -0.144. The van der Waals surface area contributed by atoms with Crippen LogP contribution in [0.5, 0.6) is 5.75 Å². The van der Waals surface area contributed by atoms with Gasteiger partial charge in [0.1, 0.15) is 11.8 Å². The molecular weight excluding hydrogens is 340 g/mol. The number of carboxylic acid groups (broad SMARTS) is 1. The van der Waals surface area contributed by atoms with Crippen molar-refractivity contribution in [1.29, 1.82) is 0 Å². The zero-order valence-corrected chi connectivity index (χ0v) is 16.3. The number of benzene rings is 2. The molecule has 0 spiro atoms. The van der Waals surface area contributed by atoms with Crippen LogP contribution in [-0.4, -0.2) is 54.2 Å². The van der Waals surface area contributed by atoms with Crippen molar-refractivity contribution < 1.29 is 14.6 Å². The van der Waals surface area contributed by atoms with E-state index in [9.17, 15) is 9.90 Å². The smallest absolute Gasteiger partial charge is 0.325 e. The summed E-state index contributed by atoms with van der Waals surface area (Å²) >= 11 is 0. The van der Waals surface area contributed by atoms with E-state index in [0.29, 0.717) is 0 Å². The predicted octanol–water partition coefficient (Wildman–Crippen LogP) is 3.26. The lowest BCUT2D eigenvalue weighted by Gasteiger charge is -2.38. The van der Waals surface area contributed by atoms with Crippen LogP contribution >= 0.6 is 0 Å². The van der Waals surface area contributed by atoms with Crippen LogP contribution in [0.25, 0.3) is 0 Å². The fourth-order valence-corrected chi connectivity index (χ4v) is 3.87. The van der Waals surface area contributed by atoms with Crippen molar-refractivity contribution in [3.05, 3.63) is 64.7 Å². The predicted molar refractivity (Wildman–Crippen MR) is 106 cm³/mol. The monoisotopic (exact) mass is 368 g/mol. The summed E-state index contributed by atoms with van der Waals surface area (Å²) in [6, 6.07) is 13.5. The fourth-order valence-electron chi connectivity index (χ4n) is 3.87. The number of hydrogen-bond acceptors (Lipinski definition) is 4. The molecule has 0 aromatic heterocycles. The third-order valence-electron chi connectivity index (χ3n) is 5.31. The summed E-state index contributed by atoms with van der Waals surface area (Å²) in [4.78, 5) is 16.5. The number of para-hydroxylation sites is 1. The van der Waals surface area contributed by atoms with E-state index < -0.39 is 12.0 Å². The number of hydrogen-bond donors (Lipinski definition) is 1. The number of rotatable bonds is 6. The molecule has 2 aromatic carbocycles. The summed E-state index contributed by atoms with van der Waals surface area (Å²) in [5.41, 5.74) is 4.25. The summed E-state index contributed by atoms with van der Waals surface area (Å²) < 4.78 is 5.44. The minimum atomic E-state index is -0.778. The maximum Gasteiger partial charge on any atom is 0.325 e. The quantitative estimate of drug-likeness (QED) is 0.848. The number of aliphatic carboxylic acids is 1. The molecule has 0 aliphatic carbocycles. The Balaban J connectivity index is 1.68. The lowest BCUT2D eigenvalue weighted by atomic mass is 9.97. The van der Waals surface area contributed by atoms with Gasteiger partial charge in [-0.25, -0.2) is 0 Å². The molecular formula is C22H28N2O3. The Bertz CT molecular complexity index is 798. The molecule has 1 heterocycles. The van der Waals surface area contributed by atoms with Gasteiger partial charge in [-0.1, -0.05) is 42.0 Å². The Morgan fingerprint density at radius 1 is 1.11 bits per heavy atom. The van der Waals surface area contributed by atoms with Crippen LogP contribution in [0.3, 0.4) is 0 Å². The van der Waals surface area contributed by atoms with E-state index in [0.717, 1.165) is 60.7 Å². The van der Waals surface area contributed by atoms with Crippen molar-refractivity contribution in [3.63, 3.8) is 0 Å². The van der Waals surface area contributed by atoms with Crippen LogP contribution < -0.4 is 4.74 Å². The second-order valence-corrected chi connectivity index (χ2v) is 7.22. The van der Waals surface area contributed by atoms with Gasteiger partial charge < -0.3 is 9.84 Å². The first-order chi connectivity index (χ1) is 13.0. The van der Waals surface area contributed by atoms with Crippen molar-refractivity contribution >= 4 is 5.97 Å². The van der Waals surface area contributed by atoms with E-state index in [4.69, 9.17) is 4.74 Å². The molecule has 5 nitrogen and oxygen atoms in total. The number of carboxylic acids is 1. The summed E-state index contributed by atoms with van der Waals surface area (Å²) in [5.74, 6) is 0.124. The number of methoxy groups -OCH3 is 1. The zero-order valence-electron chi connectivity index (χ0n) is 16.3. The van der Waals surface area contributed by atoms with Gasteiger partial charge in [-0.15, -0.1) is 0 Å². The molecule has 0 unspecified atom stereocenters. The molecule has 0 radical (unpaired) electrons. The Hall–Kier alpha value is -2.37. The minimum Gasteiger partial charge on any atom is -0.496 e. The maximum atomic E-state index is 12.0. The highest BCUT2D eigenvalue weighted by molar-refractivity contribution is 5.76. The topological polar surface area (TPSA) is 53.0 Å². The van der Waals surface area contributed by atoms with Crippen LogP contribution in [0.2, 0.25) is 0 Å². The van der Waals surface area contributed by atoms with Gasteiger partial charge in [-0.2, -0.15) is 0 Å². The normalized spacial score (nSPS) is 16.9. The van der Waals surface area contributed by atoms with Gasteiger partial charge in [0.2, 0.25) is 0 Å². The SMILES string of the molecule is COc1ccccc1CN1CCN([C@H](C(=O)O)c2ccc(C)cc2C)CC1. The largest absolute Gasteiger partial charge is 0.496 e. The standard InChI is InChI=1S/C22H28N2O3/c1-16-8-9-19(17(2)14-16)21(22(25)26)24-12-10-23(11-13-24)15-18-6-4-5-7-20(18)27-3/h4-9,14,21H,10-13,15H2,1-3H3,(H,25,26)/t21-/m0/s1. The van der Waals surface area contributed by atoms with E-state index in [-0.39, 0.29) is 0 Å². The van der Waals surface area contributed by atoms with Gasteiger partial charge in [0.15, 0.2) is 0 Å². The minimum absolute atomic E-state index is 0.584. The average molecular weight is 368 g/mol. The van der Waals surface area contributed by atoms with Gasteiger partial charge in [0.05, 0.1) is 7.11 Å². The Kier molecular flexibility index (Phi) is 6.14. The Morgan fingerprint density at radius 2 is 1.81 bits per heavy atom. The molecule has 0 bridgehead atoms. The summed E-state index contributed by atoms with van der Waals surface area (Å²) in [7, 11) is 1.69. The molecule has 0 saturated carbocycles. The van der Waals surface area contributed by atoms with Crippen LogP contribution in [0.15, 0.2) is 42.5 Å². The summed E-state index contributed by atoms with van der Waals surface area (Å²) in [6.45, 7) is 8.00. The lowest BCUT2D eigenvalue weighted by Crippen LogP contribution is -2.49. The second-order valence-electron chi connectivity index (χ2n) is 7.22. The van der Waals surface area contributed by atoms with Crippen LogP contribution in [0.4, 0.5) is 0 Å².